The summed E-state index contributed by atoms with van der Waals surface area (Å²) in [6.07, 6.45) is -4.77. The predicted molar refractivity (Wildman–Crippen MR) is 83.0 cm³/mol. The lowest BCUT2D eigenvalue weighted by Gasteiger charge is -2.35. The first kappa shape index (κ1) is 18.9. The van der Waals surface area contributed by atoms with E-state index in [1.807, 2.05) is 20.8 Å². The highest BCUT2D eigenvalue weighted by atomic mass is 19.4. The first-order valence-corrected chi connectivity index (χ1v) is 7.75. The van der Waals surface area contributed by atoms with Gasteiger partial charge in [-0.25, -0.2) is 4.79 Å². The van der Waals surface area contributed by atoms with Crippen LogP contribution in [-0.4, -0.2) is 23.8 Å². The third-order valence-corrected chi connectivity index (χ3v) is 3.52. The highest BCUT2D eigenvalue weighted by Gasteiger charge is 2.36. The molecule has 0 bridgehead atoms. The van der Waals surface area contributed by atoms with Crippen molar-refractivity contribution in [1.82, 2.24) is 5.32 Å². The maximum absolute atomic E-state index is 12.8. The standard InChI is InChI=1S/C17H19F3N2O3/c1-16(2,3)22-15(23)25-13-7-12(8-13)24-11-4-5-14(17(18,19)20)10(6-11)9-21/h4-6,12-13H,7-8H2,1-3H3,(H,22,23). The summed E-state index contributed by atoms with van der Waals surface area (Å²) in [5, 5.41) is 11.5. The molecular formula is C17H19F3N2O3. The van der Waals surface area contributed by atoms with Crippen molar-refractivity contribution in [3.63, 3.8) is 0 Å². The number of rotatable bonds is 3. The summed E-state index contributed by atoms with van der Waals surface area (Å²) >= 11 is 0. The molecule has 25 heavy (non-hydrogen) atoms. The van der Waals surface area contributed by atoms with Crippen LogP contribution in [0.3, 0.4) is 0 Å². The van der Waals surface area contributed by atoms with E-state index in [1.54, 1.807) is 0 Å². The monoisotopic (exact) mass is 356 g/mol. The van der Waals surface area contributed by atoms with Gasteiger partial charge < -0.3 is 14.8 Å². The van der Waals surface area contributed by atoms with Crippen LogP contribution in [0.15, 0.2) is 18.2 Å². The Morgan fingerprint density at radius 3 is 2.40 bits per heavy atom. The molecule has 0 unspecified atom stereocenters. The van der Waals surface area contributed by atoms with Gasteiger partial charge in [-0.3, -0.25) is 0 Å². The number of alkyl carbamates (subject to hydrolysis) is 1. The van der Waals surface area contributed by atoms with Crippen molar-refractivity contribution in [1.29, 1.82) is 5.26 Å². The Morgan fingerprint density at radius 2 is 1.88 bits per heavy atom. The van der Waals surface area contributed by atoms with Gasteiger partial charge in [0.05, 0.1) is 17.2 Å². The van der Waals surface area contributed by atoms with Gasteiger partial charge in [0.15, 0.2) is 0 Å². The number of nitrogens with one attached hydrogen (secondary N) is 1. The lowest BCUT2D eigenvalue weighted by Crippen LogP contribution is -2.46. The Balaban J connectivity index is 1.87. The summed E-state index contributed by atoms with van der Waals surface area (Å²) < 4.78 is 49.0. The van der Waals surface area contributed by atoms with Gasteiger partial charge in [0, 0.05) is 18.4 Å². The summed E-state index contributed by atoms with van der Waals surface area (Å²) in [6, 6.07) is 4.62. The zero-order valence-corrected chi connectivity index (χ0v) is 14.1. The SMILES string of the molecule is CC(C)(C)NC(=O)OC1CC(Oc2ccc(C(F)(F)F)c(C#N)c2)C1. The molecule has 2 rings (SSSR count). The molecule has 1 aromatic carbocycles. The van der Waals surface area contributed by atoms with Crippen LogP contribution in [0, 0.1) is 11.3 Å². The molecule has 1 N–H and O–H groups in total. The number of nitrogens with zero attached hydrogens (tertiary/aromatic N) is 1. The predicted octanol–water partition coefficient (Wildman–Crippen LogP) is 4.01. The summed E-state index contributed by atoms with van der Waals surface area (Å²) in [4.78, 5) is 11.6. The molecule has 1 aliphatic rings. The van der Waals surface area contributed by atoms with E-state index in [0.717, 1.165) is 12.1 Å². The lowest BCUT2D eigenvalue weighted by atomic mass is 9.92. The number of carbonyl (C=O) groups excluding carboxylic acids is 1. The second kappa shape index (κ2) is 6.82. The highest BCUT2D eigenvalue weighted by molar-refractivity contribution is 5.68. The van der Waals surface area contributed by atoms with E-state index in [1.165, 1.54) is 12.1 Å². The molecule has 0 aliphatic heterocycles. The average molecular weight is 356 g/mol. The van der Waals surface area contributed by atoms with Gasteiger partial charge in [-0.15, -0.1) is 0 Å². The number of ether oxygens (including phenoxy) is 2. The van der Waals surface area contributed by atoms with Crippen LogP contribution >= 0.6 is 0 Å². The zero-order chi connectivity index (χ0) is 18.8. The fourth-order valence-electron chi connectivity index (χ4n) is 2.33. The fraction of sp³-hybridized carbons (Fsp3) is 0.529. The number of hydrogen-bond donors (Lipinski definition) is 1. The van der Waals surface area contributed by atoms with Crippen molar-refractivity contribution >= 4 is 6.09 Å². The topological polar surface area (TPSA) is 71.3 Å². The first-order valence-electron chi connectivity index (χ1n) is 7.75. The molecule has 1 fully saturated rings. The van der Waals surface area contributed by atoms with Gasteiger partial charge in [0.2, 0.25) is 0 Å². The Labute approximate surface area is 143 Å². The number of alkyl halides is 3. The van der Waals surface area contributed by atoms with Gasteiger partial charge >= 0.3 is 12.3 Å². The summed E-state index contributed by atoms with van der Waals surface area (Å²) in [7, 11) is 0. The maximum atomic E-state index is 12.8. The molecule has 0 heterocycles. The molecule has 0 spiro atoms. The van der Waals surface area contributed by atoms with Crippen LogP contribution in [0.25, 0.3) is 0 Å². The fourth-order valence-corrected chi connectivity index (χ4v) is 2.33. The van der Waals surface area contributed by atoms with Crippen molar-refractivity contribution < 1.29 is 27.4 Å². The minimum Gasteiger partial charge on any atom is -0.490 e. The largest absolute Gasteiger partial charge is 0.490 e. The number of nitriles is 1. The molecule has 0 saturated heterocycles. The van der Waals surface area contributed by atoms with Crippen molar-refractivity contribution in [3.8, 4) is 11.8 Å². The normalized spacial score (nSPS) is 20.2. The molecule has 1 aromatic rings. The first-order chi connectivity index (χ1) is 11.5. The van der Waals surface area contributed by atoms with Crippen molar-refractivity contribution in [2.45, 2.75) is 57.5 Å². The third kappa shape index (κ3) is 5.28. The molecule has 1 aliphatic carbocycles. The van der Waals surface area contributed by atoms with E-state index >= 15 is 0 Å². The molecule has 0 radical (unpaired) electrons. The van der Waals surface area contributed by atoms with Gasteiger partial charge in [-0.2, -0.15) is 18.4 Å². The van der Waals surface area contributed by atoms with E-state index in [9.17, 15) is 18.0 Å². The number of hydrogen-bond acceptors (Lipinski definition) is 4. The summed E-state index contributed by atoms with van der Waals surface area (Å²) in [5.74, 6) is 0.187. The Hall–Kier alpha value is -2.43. The Bertz CT molecular complexity index is 684. The van der Waals surface area contributed by atoms with Crippen LogP contribution in [0.2, 0.25) is 0 Å². The van der Waals surface area contributed by atoms with Crippen LogP contribution < -0.4 is 10.1 Å². The Morgan fingerprint density at radius 1 is 1.24 bits per heavy atom. The number of benzene rings is 1. The van der Waals surface area contributed by atoms with Crippen molar-refractivity contribution in [2.24, 2.45) is 0 Å². The minimum atomic E-state index is -4.58. The van der Waals surface area contributed by atoms with Gasteiger partial charge in [0.1, 0.15) is 18.0 Å². The van der Waals surface area contributed by atoms with Gasteiger partial charge in [-0.1, -0.05) is 0 Å². The number of carbonyl (C=O) groups is 1. The van der Waals surface area contributed by atoms with Crippen molar-refractivity contribution in [2.75, 3.05) is 0 Å². The molecule has 1 saturated carbocycles. The van der Waals surface area contributed by atoms with Crippen molar-refractivity contribution in [3.05, 3.63) is 29.3 Å². The summed E-state index contributed by atoms with van der Waals surface area (Å²) in [5.41, 5.74) is -1.87. The van der Waals surface area contributed by atoms with E-state index in [2.05, 4.69) is 5.32 Å². The van der Waals surface area contributed by atoms with Crippen LogP contribution in [0.4, 0.5) is 18.0 Å². The van der Waals surface area contributed by atoms with E-state index in [0.29, 0.717) is 12.8 Å². The van der Waals surface area contributed by atoms with E-state index in [4.69, 9.17) is 14.7 Å². The Kier molecular flexibility index (Phi) is 5.16. The van der Waals surface area contributed by atoms with E-state index in [-0.39, 0.29) is 18.0 Å². The van der Waals surface area contributed by atoms with Crippen LogP contribution in [-0.2, 0) is 10.9 Å². The molecule has 0 atom stereocenters. The second-order valence-electron chi connectivity index (χ2n) is 6.93. The van der Waals surface area contributed by atoms with Crippen LogP contribution in [0.1, 0.15) is 44.7 Å². The number of halogens is 3. The maximum Gasteiger partial charge on any atom is 0.417 e. The van der Waals surface area contributed by atoms with E-state index < -0.39 is 28.9 Å². The van der Waals surface area contributed by atoms with Gasteiger partial charge in [0.25, 0.3) is 0 Å². The highest BCUT2D eigenvalue weighted by Crippen LogP contribution is 2.35. The minimum absolute atomic E-state index is 0.187. The molecular weight excluding hydrogens is 337 g/mol. The van der Waals surface area contributed by atoms with Crippen LogP contribution in [0.5, 0.6) is 5.75 Å². The smallest absolute Gasteiger partial charge is 0.417 e. The quantitative estimate of drug-likeness (QED) is 0.888. The third-order valence-electron chi connectivity index (χ3n) is 3.52. The molecule has 136 valence electrons. The molecule has 8 heteroatoms. The molecule has 0 aromatic heterocycles. The van der Waals surface area contributed by atoms with Gasteiger partial charge in [-0.05, 0) is 39.0 Å². The molecule has 5 nitrogen and oxygen atoms in total. The summed E-state index contributed by atoms with van der Waals surface area (Å²) in [6.45, 7) is 5.50. The number of amides is 1. The average Bonchev–Trinajstić information content (AvgIpc) is 2.41. The second-order valence-corrected chi connectivity index (χ2v) is 6.93. The molecule has 1 amide bonds. The zero-order valence-electron chi connectivity index (χ0n) is 14.1. The lowest BCUT2D eigenvalue weighted by molar-refractivity contribution is -0.137.